The number of unbranched alkanes of at least 4 members (excludes halogenated alkanes) is 1. The van der Waals surface area contributed by atoms with E-state index >= 15 is 0 Å². The quantitative estimate of drug-likeness (QED) is 0.199. The predicted octanol–water partition coefficient (Wildman–Crippen LogP) is 4.15. The van der Waals surface area contributed by atoms with Gasteiger partial charge in [0.05, 0.1) is 39.7 Å². The molecule has 0 bridgehead atoms. The Balaban J connectivity index is 1.24. The topological polar surface area (TPSA) is 98.9 Å². The average molecular weight is 497 g/mol. The van der Waals surface area contributed by atoms with E-state index < -0.39 is 0 Å². The summed E-state index contributed by atoms with van der Waals surface area (Å²) in [4.78, 5) is 0. The maximum Gasteiger partial charge on any atom is 0.161 e. The zero-order valence-corrected chi connectivity index (χ0v) is 21.3. The van der Waals surface area contributed by atoms with E-state index in [2.05, 4.69) is 20.8 Å². The highest BCUT2D eigenvalue weighted by Crippen LogP contribution is 2.44. The Bertz CT molecular complexity index is 1120. The molecule has 0 amide bonds. The molecule has 4 rings (SSSR count). The Morgan fingerprint density at radius 1 is 0.917 bits per heavy atom. The van der Waals surface area contributed by atoms with E-state index in [4.69, 9.17) is 23.7 Å². The summed E-state index contributed by atoms with van der Waals surface area (Å²) >= 11 is 0. The standard InChI is InChI=1S/C27H36N4O5/c1-28-9-4-5-10-34-11-12-35-13-14-36-21-8-6-7-20(17-21)29-27-23-15-19-16-24(32-2)25(33-3)18-22(19)26(23)30-31-27/h6-8,16-18,28H,4-5,9-15H2,1-3H3,(H2,29,30,31). The van der Waals surface area contributed by atoms with Gasteiger partial charge in [0.25, 0.3) is 0 Å². The van der Waals surface area contributed by atoms with Gasteiger partial charge in [0.1, 0.15) is 12.4 Å². The Kier molecular flexibility index (Phi) is 9.43. The minimum absolute atomic E-state index is 0.475. The zero-order valence-electron chi connectivity index (χ0n) is 21.3. The van der Waals surface area contributed by atoms with Gasteiger partial charge in [0.2, 0.25) is 0 Å². The molecule has 9 nitrogen and oxygen atoms in total. The van der Waals surface area contributed by atoms with Crippen molar-refractivity contribution in [3.63, 3.8) is 0 Å². The van der Waals surface area contributed by atoms with E-state index in [-0.39, 0.29) is 0 Å². The van der Waals surface area contributed by atoms with Crippen molar-refractivity contribution in [1.29, 1.82) is 0 Å². The first-order chi connectivity index (χ1) is 17.7. The summed E-state index contributed by atoms with van der Waals surface area (Å²) in [5, 5.41) is 14.2. The molecular formula is C27H36N4O5. The van der Waals surface area contributed by atoms with Gasteiger partial charge < -0.3 is 34.3 Å². The van der Waals surface area contributed by atoms with Crippen LogP contribution in [0.3, 0.4) is 0 Å². The Hall–Kier alpha value is -3.27. The van der Waals surface area contributed by atoms with E-state index in [0.29, 0.717) is 32.2 Å². The van der Waals surface area contributed by atoms with Gasteiger partial charge in [-0.05, 0) is 56.3 Å². The van der Waals surface area contributed by atoms with E-state index in [0.717, 1.165) is 72.2 Å². The number of aromatic amines is 1. The number of ether oxygens (including phenoxy) is 5. The Morgan fingerprint density at radius 2 is 1.69 bits per heavy atom. The first-order valence-corrected chi connectivity index (χ1v) is 12.4. The van der Waals surface area contributed by atoms with Gasteiger partial charge in [-0.15, -0.1) is 0 Å². The van der Waals surface area contributed by atoms with Crippen LogP contribution in [0.4, 0.5) is 11.5 Å². The van der Waals surface area contributed by atoms with Crippen LogP contribution in [0, 0.1) is 0 Å². The third-order valence-electron chi connectivity index (χ3n) is 6.04. The molecule has 0 atom stereocenters. The number of anilines is 2. The van der Waals surface area contributed by atoms with E-state index in [1.54, 1.807) is 14.2 Å². The van der Waals surface area contributed by atoms with Gasteiger partial charge >= 0.3 is 0 Å². The van der Waals surface area contributed by atoms with Gasteiger partial charge in [0.15, 0.2) is 17.3 Å². The molecule has 2 aromatic carbocycles. The number of H-pyrrole nitrogens is 1. The number of hydrogen-bond acceptors (Lipinski definition) is 8. The molecule has 0 saturated carbocycles. The minimum Gasteiger partial charge on any atom is -0.493 e. The van der Waals surface area contributed by atoms with Crippen molar-refractivity contribution in [3.8, 4) is 28.5 Å². The molecule has 0 radical (unpaired) electrons. The van der Waals surface area contributed by atoms with Crippen LogP contribution in [0.25, 0.3) is 11.3 Å². The fourth-order valence-corrected chi connectivity index (χ4v) is 4.20. The first kappa shape index (κ1) is 25.8. The summed E-state index contributed by atoms with van der Waals surface area (Å²) in [6, 6.07) is 11.9. The van der Waals surface area contributed by atoms with Crippen LogP contribution in [-0.4, -0.2) is 71.0 Å². The number of rotatable bonds is 16. The number of nitrogens with one attached hydrogen (secondary N) is 3. The molecule has 1 aromatic heterocycles. The van der Waals surface area contributed by atoms with Crippen molar-refractivity contribution in [3.05, 3.63) is 47.5 Å². The van der Waals surface area contributed by atoms with Gasteiger partial charge in [-0.2, -0.15) is 5.10 Å². The second-order valence-electron chi connectivity index (χ2n) is 8.50. The van der Waals surface area contributed by atoms with Crippen LogP contribution >= 0.6 is 0 Å². The fourth-order valence-electron chi connectivity index (χ4n) is 4.20. The third-order valence-corrected chi connectivity index (χ3v) is 6.04. The Labute approximate surface area is 212 Å². The summed E-state index contributed by atoms with van der Waals surface area (Å²) in [6.45, 7) is 3.96. The monoisotopic (exact) mass is 496 g/mol. The lowest BCUT2D eigenvalue weighted by atomic mass is 10.1. The van der Waals surface area contributed by atoms with E-state index in [9.17, 15) is 0 Å². The molecule has 0 unspecified atom stereocenters. The summed E-state index contributed by atoms with van der Waals surface area (Å²) in [7, 11) is 5.26. The number of methoxy groups -OCH3 is 2. The molecule has 1 heterocycles. The van der Waals surface area contributed by atoms with Crippen molar-refractivity contribution in [2.45, 2.75) is 19.3 Å². The molecule has 0 fully saturated rings. The van der Waals surface area contributed by atoms with Crippen molar-refractivity contribution in [2.75, 3.05) is 66.2 Å². The van der Waals surface area contributed by atoms with Crippen LogP contribution in [0.2, 0.25) is 0 Å². The van der Waals surface area contributed by atoms with Crippen molar-refractivity contribution in [2.24, 2.45) is 0 Å². The minimum atomic E-state index is 0.475. The van der Waals surface area contributed by atoms with E-state index in [1.165, 1.54) is 5.56 Å². The van der Waals surface area contributed by atoms with Gasteiger partial charge in [-0.1, -0.05) is 6.07 Å². The molecule has 9 heteroatoms. The maximum absolute atomic E-state index is 5.86. The summed E-state index contributed by atoms with van der Waals surface area (Å²) < 4.78 is 28.0. The summed E-state index contributed by atoms with van der Waals surface area (Å²) in [5.74, 6) is 3.00. The third kappa shape index (κ3) is 6.48. The molecule has 3 N–H and O–H groups in total. The molecule has 194 valence electrons. The lowest BCUT2D eigenvalue weighted by Crippen LogP contribution is -2.12. The largest absolute Gasteiger partial charge is 0.493 e. The van der Waals surface area contributed by atoms with Crippen LogP contribution in [0.5, 0.6) is 17.2 Å². The van der Waals surface area contributed by atoms with E-state index in [1.807, 2.05) is 43.4 Å². The number of nitrogens with zero attached hydrogens (tertiary/aromatic N) is 1. The number of benzene rings is 2. The van der Waals surface area contributed by atoms with Crippen molar-refractivity contribution >= 4 is 11.5 Å². The molecule has 1 aliphatic rings. The van der Waals surface area contributed by atoms with Gasteiger partial charge in [0, 0.05) is 35.9 Å². The molecule has 0 spiro atoms. The molecular weight excluding hydrogens is 460 g/mol. The van der Waals surface area contributed by atoms with Crippen LogP contribution in [0.15, 0.2) is 36.4 Å². The fraction of sp³-hybridized carbons (Fsp3) is 0.444. The first-order valence-electron chi connectivity index (χ1n) is 12.4. The lowest BCUT2D eigenvalue weighted by Gasteiger charge is -2.10. The second-order valence-corrected chi connectivity index (χ2v) is 8.50. The van der Waals surface area contributed by atoms with Crippen LogP contribution in [0.1, 0.15) is 24.0 Å². The molecule has 0 saturated heterocycles. The highest BCUT2D eigenvalue weighted by molar-refractivity contribution is 5.81. The highest BCUT2D eigenvalue weighted by atomic mass is 16.5. The number of hydrogen-bond donors (Lipinski definition) is 3. The highest BCUT2D eigenvalue weighted by Gasteiger charge is 2.26. The molecule has 0 aliphatic heterocycles. The van der Waals surface area contributed by atoms with Gasteiger partial charge in [-0.3, -0.25) is 5.10 Å². The van der Waals surface area contributed by atoms with Crippen LogP contribution in [-0.2, 0) is 15.9 Å². The average Bonchev–Trinajstić information content (AvgIpc) is 3.45. The van der Waals surface area contributed by atoms with Crippen molar-refractivity contribution < 1.29 is 23.7 Å². The Morgan fingerprint density at radius 3 is 2.50 bits per heavy atom. The summed E-state index contributed by atoms with van der Waals surface area (Å²) in [5.41, 5.74) is 5.28. The lowest BCUT2D eigenvalue weighted by molar-refractivity contribution is 0.0354. The predicted molar refractivity (Wildman–Crippen MR) is 140 cm³/mol. The SMILES string of the molecule is CNCCCCOCCOCCOc1cccc(Nc2n[nH]c3c2Cc2cc(OC)c(OC)cc2-3)c1. The molecule has 36 heavy (non-hydrogen) atoms. The van der Waals surface area contributed by atoms with Crippen molar-refractivity contribution in [1.82, 2.24) is 15.5 Å². The van der Waals surface area contributed by atoms with Gasteiger partial charge in [-0.25, -0.2) is 0 Å². The normalized spacial score (nSPS) is 11.8. The number of aromatic nitrogens is 2. The smallest absolute Gasteiger partial charge is 0.161 e. The second kappa shape index (κ2) is 13.2. The summed E-state index contributed by atoms with van der Waals surface area (Å²) in [6.07, 6.45) is 2.95. The zero-order chi connectivity index (χ0) is 25.2. The van der Waals surface area contributed by atoms with Crippen LogP contribution < -0.4 is 24.8 Å². The number of fused-ring (bicyclic) bond motifs is 3. The molecule has 3 aromatic rings. The maximum atomic E-state index is 5.86. The molecule has 1 aliphatic carbocycles.